The predicted octanol–water partition coefficient (Wildman–Crippen LogP) is 5.50. The first-order valence-electron chi connectivity index (χ1n) is 11.8. The van der Waals surface area contributed by atoms with E-state index in [0.29, 0.717) is 12.8 Å². The van der Waals surface area contributed by atoms with Crippen molar-refractivity contribution in [3.8, 4) is 0 Å². The van der Waals surface area contributed by atoms with Crippen LogP contribution in [0.5, 0.6) is 0 Å². The highest BCUT2D eigenvalue weighted by Crippen LogP contribution is 2.33. The van der Waals surface area contributed by atoms with E-state index in [9.17, 15) is 16.8 Å². The van der Waals surface area contributed by atoms with Crippen molar-refractivity contribution in [3.63, 3.8) is 0 Å². The van der Waals surface area contributed by atoms with Gasteiger partial charge in [0.15, 0.2) is 0 Å². The third-order valence-electron chi connectivity index (χ3n) is 5.88. The average molecular weight is 487 g/mol. The van der Waals surface area contributed by atoms with Gasteiger partial charge in [-0.3, -0.25) is 9.11 Å². The van der Waals surface area contributed by atoms with E-state index in [1.54, 1.807) is 0 Å². The van der Waals surface area contributed by atoms with Gasteiger partial charge in [0.25, 0.3) is 0 Å². The summed E-state index contributed by atoms with van der Waals surface area (Å²) in [5.41, 5.74) is 0. The Morgan fingerprint density at radius 3 is 1.45 bits per heavy atom. The van der Waals surface area contributed by atoms with Gasteiger partial charge in [-0.1, -0.05) is 90.9 Å². The summed E-state index contributed by atoms with van der Waals surface area (Å²) in [4.78, 5) is 0. The van der Waals surface area contributed by atoms with Crippen LogP contribution in [0, 0.1) is 11.8 Å². The molecule has 8 nitrogen and oxygen atoms in total. The molecule has 2 unspecified atom stereocenters. The zero-order valence-corrected chi connectivity index (χ0v) is 20.7. The normalized spacial score (nSPS) is 22.8. The number of unbranched alkanes of at least 4 members (excludes halogenated alkanes) is 9. The smallest absolute Gasteiger partial charge is 0.264 e. The minimum atomic E-state index is -4.63. The van der Waals surface area contributed by atoms with Gasteiger partial charge >= 0.3 is 20.8 Å². The predicted molar refractivity (Wildman–Crippen MR) is 120 cm³/mol. The topological polar surface area (TPSA) is 127 Å². The van der Waals surface area contributed by atoms with E-state index in [2.05, 4.69) is 22.2 Å². The Kier molecular flexibility index (Phi) is 13.7. The molecule has 10 heteroatoms. The van der Waals surface area contributed by atoms with E-state index >= 15 is 0 Å². The highest BCUT2D eigenvalue weighted by Gasteiger charge is 2.34. The molecular weight excluding hydrogens is 444 g/mol. The monoisotopic (exact) mass is 486 g/mol. The Balaban J connectivity index is 2.19. The molecule has 1 saturated carbocycles. The van der Waals surface area contributed by atoms with E-state index < -0.39 is 33.0 Å². The van der Waals surface area contributed by atoms with Crippen molar-refractivity contribution in [2.45, 2.75) is 122 Å². The first-order chi connectivity index (χ1) is 14.4. The summed E-state index contributed by atoms with van der Waals surface area (Å²) in [6.07, 6.45) is 13.4. The van der Waals surface area contributed by atoms with E-state index in [4.69, 9.17) is 9.11 Å². The average Bonchev–Trinajstić information content (AvgIpc) is 2.59. The third kappa shape index (κ3) is 17.0. The number of hydrogen-bond acceptors (Lipinski definition) is 6. The molecule has 0 bridgehead atoms. The molecule has 2 N–H and O–H groups in total. The maximum Gasteiger partial charge on any atom is 0.397 e. The zero-order chi connectivity index (χ0) is 23.3. The van der Waals surface area contributed by atoms with Gasteiger partial charge in [-0.2, -0.15) is 16.8 Å². The highest BCUT2D eigenvalue weighted by molar-refractivity contribution is 7.81. The van der Waals surface area contributed by atoms with E-state index in [1.807, 2.05) is 0 Å². The molecule has 0 spiro atoms. The van der Waals surface area contributed by atoms with Crippen LogP contribution in [0.4, 0.5) is 0 Å². The Bertz CT molecular complexity index is 633. The minimum Gasteiger partial charge on any atom is -0.264 e. The van der Waals surface area contributed by atoms with Crippen LogP contribution in [0.3, 0.4) is 0 Å². The molecule has 1 fully saturated rings. The van der Waals surface area contributed by atoms with Crippen LogP contribution in [0.2, 0.25) is 0 Å². The highest BCUT2D eigenvalue weighted by atomic mass is 32.3. The first kappa shape index (κ1) is 28.8. The molecule has 1 aliphatic rings. The van der Waals surface area contributed by atoms with Crippen molar-refractivity contribution < 1.29 is 34.3 Å². The van der Waals surface area contributed by atoms with Crippen molar-refractivity contribution in [3.05, 3.63) is 0 Å². The molecule has 0 amide bonds. The quantitative estimate of drug-likeness (QED) is 0.204. The van der Waals surface area contributed by atoms with Gasteiger partial charge in [0, 0.05) is 6.42 Å². The molecule has 0 radical (unpaired) electrons. The fourth-order valence-electron chi connectivity index (χ4n) is 4.46. The van der Waals surface area contributed by atoms with Gasteiger partial charge in [0.05, 0.1) is 12.2 Å². The van der Waals surface area contributed by atoms with Gasteiger partial charge in [-0.15, -0.1) is 0 Å². The maximum atomic E-state index is 11.0. The summed E-state index contributed by atoms with van der Waals surface area (Å²) in [5, 5.41) is 0. The van der Waals surface area contributed by atoms with Crippen molar-refractivity contribution >= 4 is 20.8 Å². The second-order valence-corrected chi connectivity index (χ2v) is 11.5. The molecule has 0 saturated heterocycles. The van der Waals surface area contributed by atoms with Crippen LogP contribution in [0.1, 0.15) is 110 Å². The third-order valence-corrected chi connectivity index (χ3v) is 6.91. The minimum absolute atomic E-state index is 0.0121. The summed E-state index contributed by atoms with van der Waals surface area (Å²) in [6, 6.07) is 0. The lowest BCUT2D eigenvalue weighted by Crippen LogP contribution is -2.35. The van der Waals surface area contributed by atoms with Crippen molar-refractivity contribution in [2.75, 3.05) is 0 Å². The van der Waals surface area contributed by atoms with Crippen LogP contribution >= 0.6 is 0 Å². The second-order valence-electron chi connectivity index (χ2n) is 9.37. The van der Waals surface area contributed by atoms with Crippen LogP contribution < -0.4 is 0 Å². The standard InChI is InChI=1S/C21H42O8S2/c1-18(2)13-11-9-7-5-3-4-6-8-10-12-14-19-15-20(28-30(22,23)24)17-21(16-19)29-31(25,26)27/h18-21H,3-17H2,1-2H3,(H,22,23,24)(H,25,26,27). The lowest BCUT2D eigenvalue weighted by Gasteiger charge is -2.32. The molecule has 1 aliphatic carbocycles. The molecule has 0 aromatic carbocycles. The number of rotatable bonds is 17. The summed E-state index contributed by atoms with van der Waals surface area (Å²) in [7, 11) is -9.26. The lowest BCUT2D eigenvalue weighted by atomic mass is 9.82. The summed E-state index contributed by atoms with van der Waals surface area (Å²) in [5.74, 6) is 0.814. The van der Waals surface area contributed by atoms with Gasteiger partial charge in [-0.25, -0.2) is 8.37 Å². The fraction of sp³-hybridized carbons (Fsp3) is 1.00. The summed E-state index contributed by atoms with van der Waals surface area (Å²) in [6.45, 7) is 4.54. The molecule has 0 aromatic rings. The van der Waals surface area contributed by atoms with Gasteiger partial charge in [0.1, 0.15) is 0 Å². The van der Waals surface area contributed by atoms with Gasteiger partial charge in [-0.05, 0) is 24.7 Å². The van der Waals surface area contributed by atoms with Crippen LogP contribution in [-0.4, -0.2) is 38.1 Å². The Morgan fingerprint density at radius 1 is 0.677 bits per heavy atom. The van der Waals surface area contributed by atoms with Crippen LogP contribution in [0.25, 0.3) is 0 Å². The Hall–Kier alpha value is -0.260. The van der Waals surface area contributed by atoms with Crippen molar-refractivity contribution in [1.29, 1.82) is 0 Å². The molecular formula is C21H42O8S2. The lowest BCUT2D eigenvalue weighted by molar-refractivity contribution is 0.0327. The number of hydrogen-bond donors (Lipinski definition) is 2. The van der Waals surface area contributed by atoms with Crippen LogP contribution in [-0.2, 0) is 29.2 Å². The van der Waals surface area contributed by atoms with Crippen LogP contribution in [0.15, 0.2) is 0 Å². The Morgan fingerprint density at radius 2 is 1.06 bits per heavy atom. The molecule has 2 atom stereocenters. The van der Waals surface area contributed by atoms with Crippen molar-refractivity contribution in [2.24, 2.45) is 11.8 Å². The summed E-state index contributed by atoms with van der Waals surface area (Å²) < 4.78 is 71.2. The molecule has 0 aromatic heterocycles. The molecule has 0 heterocycles. The SMILES string of the molecule is CC(C)CCCCCCCCCCCCC1CC(OS(=O)(=O)O)CC(OS(=O)(=O)O)C1. The molecule has 186 valence electrons. The van der Waals surface area contributed by atoms with E-state index in [0.717, 1.165) is 31.6 Å². The van der Waals surface area contributed by atoms with E-state index in [1.165, 1.54) is 51.4 Å². The second kappa shape index (κ2) is 14.8. The van der Waals surface area contributed by atoms with E-state index in [-0.39, 0.29) is 12.3 Å². The first-order valence-corrected chi connectivity index (χ1v) is 14.5. The molecule has 31 heavy (non-hydrogen) atoms. The molecule has 1 rings (SSSR count). The van der Waals surface area contributed by atoms with Gasteiger partial charge < -0.3 is 0 Å². The van der Waals surface area contributed by atoms with Crippen molar-refractivity contribution in [1.82, 2.24) is 0 Å². The maximum absolute atomic E-state index is 11.0. The largest absolute Gasteiger partial charge is 0.397 e. The summed E-state index contributed by atoms with van der Waals surface area (Å²) >= 11 is 0. The Labute approximate surface area is 189 Å². The van der Waals surface area contributed by atoms with Gasteiger partial charge in [0.2, 0.25) is 0 Å². The fourth-order valence-corrected chi connectivity index (χ4v) is 5.46. The molecule has 0 aliphatic heterocycles. The zero-order valence-electron chi connectivity index (χ0n) is 19.1.